The fourth-order valence-electron chi connectivity index (χ4n) is 2.45. The molecule has 0 spiro atoms. The van der Waals surface area contributed by atoms with E-state index in [1.54, 1.807) is 13.3 Å². The molecular formula is C19H25ClN2O2. The number of allylic oxidation sites excluding steroid dienone is 1. The summed E-state index contributed by atoms with van der Waals surface area (Å²) in [5, 5.41) is 3.43. The molecule has 130 valence electrons. The van der Waals surface area contributed by atoms with Crippen molar-refractivity contribution >= 4 is 12.4 Å². The Morgan fingerprint density at radius 1 is 1.25 bits per heavy atom. The third kappa shape index (κ3) is 5.55. The van der Waals surface area contributed by atoms with Crippen molar-refractivity contribution in [2.45, 2.75) is 26.4 Å². The van der Waals surface area contributed by atoms with Crippen LogP contribution in [0.2, 0.25) is 0 Å². The summed E-state index contributed by atoms with van der Waals surface area (Å²) in [6, 6.07) is 8.17. The minimum absolute atomic E-state index is 0. The van der Waals surface area contributed by atoms with E-state index in [0.717, 1.165) is 47.7 Å². The highest BCUT2D eigenvalue weighted by Gasteiger charge is 2.12. The van der Waals surface area contributed by atoms with Gasteiger partial charge in [0.2, 0.25) is 0 Å². The van der Waals surface area contributed by atoms with Gasteiger partial charge in [0.1, 0.15) is 0 Å². The van der Waals surface area contributed by atoms with Crippen molar-refractivity contribution in [1.82, 2.24) is 10.3 Å². The van der Waals surface area contributed by atoms with Crippen molar-refractivity contribution in [2.75, 3.05) is 13.7 Å². The monoisotopic (exact) mass is 348 g/mol. The average Bonchev–Trinajstić information content (AvgIpc) is 2.58. The molecule has 1 N–H and O–H groups in total. The van der Waals surface area contributed by atoms with E-state index in [2.05, 4.69) is 29.0 Å². The number of hydrogen-bond acceptors (Lipinski definition) is 4. The molecule has 0 unspecified atom stereocenters. The highest BCUT2D eigenvalue weighted by atomic mass is 35.5. The van der Waals surface area contributed by atoms with Gasteiger partial charge < -0.3 is 14.8 Å². The SMILES string of the molecule is C=CCc1cc(CNCc2cccnc2)cc(OC)c1OCC.Cl. The fourth-order valence-corrected chi connectivity index (χ4v) is 2.45. The van der Waals surface area contributed by atoms with Crippen LogP contribution in [0.15, 0.2) is 49.3 Å². The van der Waals surface area contributed by atoms with E-state index < -0.39 is 0 Å². The molecule has 24 heavy (non-hydrogen) atoms. The first-order valence-corrected chi connectivity index (χ1v) is 7.81. The molecule has 1 aromatic carbocycles. The summed E-state index contributed by atoms with van der Waals surface area (Å²) in [5.74, 6) is 1.58. The van der Waals surface area contributed by atoms with Crippen LogP contribution in [0.1, 0.15) is 23.6 Å². The van der Waals surface area contributed by atoms with Gasteiger partial charge in [-0.1, -0.05) is 18.2 Å². The molecule has 0 radical (unpaired) electrons. The first kappa shape index (κ1) is 20.0. The zero-order valence-electron chi connectivity index (χ0n) is 14.2. The maximum absolute atomic E-state index is 5.74. The summed E-state index contributed by atoms with van der Waals surface area (Å²) in [4.78, 5) is 4.12. The Kier molecular flexibility index (Phi) is 8.90. The highest BCUT2D eigenvalue weighted by molar-refractivity contribution is 5.85. The zero-order chi connectivity index (χ0) is 16.5. The van der Waals surface area contributed by atoms with E-state index in [4.69, 9.17) is 9.47 Å². The van der Waals surface area contributed by atoms with Gasteiger partial charge in [0, 0.05) is 31.0 Å². The average molecular weight is 349 g/mol. The van der Waals surface area contributed by atoms with Crippen molar-refractivity contribution in [3.05, 3.63) is 66.0 Å². The number of benzene rings is 1. The van der Waals surface area contributed by atoms with Gasteiger partial charge in [0.15, 0.2) is 11.5 Å². The molecule has 0 amide bonds. The van der Waals surface area contributed by atoms with Crippen LogP contribution >= 0.6 is 12.4 Å². The van der Waals surface area contributed by atoms with E-state index in [-0.39, 0.29) is 12.4 Å². The molecule has 2 aromatic rings. The minimum Gasteiger partial charge on any atom is -0.493 e. The Labute approximate surface area is 150 Å². The lowest BCUT2D eigenvalue weighted by atomic mass is 10.1. The fraction of sp³-hybridized carbons (Fsp3) is 0.316. The second kappa shape index (κ2) is 10.7. The Morgan fingerprint density at radius 2 is 2.04 bits per heavy atom. The number of hydrogen-bond donors (Lipinski definition) is 1. The number of aromatic nitrogens is 1. The van der Waals surface area contributed by atoms with Crippen LogP contribution < -0.4 is 14.8 Å². The first-order valence-electron chi connectivity index (χ1n) is 7.81. The lowest BCUT2D eigenvalue weighted by Gasteiger charge is -2.16. The maximum Gasteiger partial charge on any atom is 0.164 e. The molecular weight excluding hydrogens is 324 g/mol. The highest BCUT2D eigenvalue weighted by Crippen LogP contribution is 2.33. The van der Waals surface area contributed by atoms with Crippen LogP contribution in [-0.2, 0) is 19.5 Å². The number of ether oxygens (including phenoxy) is 2. The van der Waals surface area contributed by atoms with Gasteiger partial charge in [-0.05, 0) is 36.6 Å². The van der Waals surface area contributed by atoms with E-state index in [9.17, 15) is 0 Å². The molecule has 1 aromatic heterocycles. The molecule has 0 saturated carbocycles. The van der Waals surface area contributed by atoms with Crippen molar-refractivity contribution in [3.63, 3.8) is 0 Å². The van der Waals surface area contributed by atoms with Gasteiger partial charge in [0.05, 0.1) is 13.7 Å². The smallest absolute Gasteiger partial charge is 0.164 e. The Hall–Kier alpha value is -2.04. The molecule has 1 heterocycles. The Bertz CT molecular complexity index is 633. The first-order chi connectivity index (χ1) is 11.3. The molecule has 5 heteroatoms. The number of halogens is 1. The topological polar surface area (TPSA) is 43.4 Å². The van der Waals surface area contributed by atoms with Gasteiger partial charge in [-0.25, -0.2) is 0 Å². The minimum atomic E-state index is 0. The molecule has 0 bridgehead atoms. The van der Waals surface area contributed by atoms with Gasteiger partial charge in [-0.15, -0.1) is 19.0 Å². The zero-order valence-corrected chi connectivity index (χ0v) is 15.1. The summed E-state index contributed by atoms with van der Waals surface area (Å²) in [5.41, 5.74) is 3.42. The van der Waals surface area contributed by atoms with Crippen molar-refractivity contribution in [1.29, 1.82) is 0 Å². The summed E-state index contributed by atoms with van der Waals surface area (Å²) < 4.78 is 11.2. The van der Waals surface area contributed by atoms with Crippen molar-refractivity contribution in [3.8, 4) is 11.5 Å². The molecule has 0 fully saturated rings. The number of nitrogens with zero attached hydrogens (tertiary/aromatic N) is 1. The van der Waals surface area contributed by atoms with Crippen LogP contribution in [-0.4, -0.2) is 18.7 Å². The molecule has 4 nitrogen and oxygen atoms in total. The van der Waals surface area contributed by atoms with E-state index in [1.165, 1.54) is 0 Å². The lowest BCUT2D eigenvalue weighted by Crippen LogP contribution is -2.13. The molecule has 0 aliphatic heterocycles. The molecule has 0 atom stereocenters. The largest absolute Gasteiger partial charge is 0.493 e. The molecule has 0 aliphatic carbocycles. The number of pyridine rings is 1. The molecule has 0 saturated heterocycles. The summed E-state index contributed by atoms with van der Waals surface area (Å²) in [7, 11) is 1.67. The number of methoxy groups -OCH3 is 1. The van der Waals surface area contributed by atoms with E-state index in [1.807, 2.05) is 31.3 Å². The Morgan fingerprint density at radius 3 is 2.67 bits per heavy atom. The molecule has 2 rings (SSSR count). The van der Waals surface area contributed by atoms with E-state index >= 15 is 0 Å². The number of rotatable bonds is 9. The predicted molar refractivity (Wildman–Crippen MR) is 100 cm³/mol. The third-order valence-electron chi connectivity index (χ3n) is 3.45. The summed E-state index contributed by atoms with van der Waals surface area (Å²) in [6.07, 6.45) is 6.28. The Balaban J connectivity index is 0.00000288. The van der Waals surface area contributed by atoms with Crippen LogP contribution in [0.25, 0.3) is 0 Å². The van der Waals surface area contributed by atoms with Crippen LogP contribution in [0.4, 0.5) is 0 Å². The van der Waals surface area contributed by atoms with Crippen LogP contribution in [0, 0.1) is 0 Å². The summed E-state index contributed by atoms with van der Waals surface area (Å²) in [6.45, 7) is 7.94. The number of nitrogens with one attached hydrogen (secondary N) is 1. The van der Waals surface area contributed by atoms with Crippen molar-refractivity contribution < 1.29 is 9.47 Å². The second-order valence-corrected chi connectivity index (χ2v) is 5.18. The van der Waals surface area contributed by atoms with Gasteiger partial charge >= 0.3 is 0 Å². The van der Waals surface area contributed by atoms with Gasteiger partial charge in [-0.2, -0.15) is 0 Å². The maximum atomic E-state index is 5.74. The summed E-state index contributed by atoms with van der Waals surface area (Å²) >= 11 is 0. The van der Waals surface area contributed by atoms with E-state index in [0.29, 0.717) is 6.61 Å². The van der Waals surface area contributed by atoms with Crippen molar-refractivity contribution in [2.24, 2.45) is 0 Å². The quantitative estimate of drug-likeness (QED) is 0.697. The van der Waals surface area contributed by atoms with Gasteiger partial charge in [-0.3, -0.25) is 4.98 Å². The van der Waals surface area contributed by atoms with Gasteiger partial charge in [0.25, 0.3) is 0 Å². The normalized spacial score (nSPS) is 9.92. The van der Waals surface area contributed by atoms with Crippen LogP contribution in [0.3, 0.4) is 0 Å². The standard InChI is InChI=1S/C19H24N2O2.ClH/c1-4-7-17-10-16(11-18(22-3)19(17)23-5-2)14-21-13-15-8-6-9-20-12-15;/h4,6,8-12,21H,1,5,7,13-14H2,2-3H3;1H. The molecule has 0 aliphatic rings. The lowest BCUT2D eigenvalue weighted by molar-refractivity contribution is 0.308. The van der Waals surface area contributed by atoms with Crippen LogP contribution in [0.5, 0.6) is 11.5 Å². The second-order valence-electron chi connectivity index (χ2n) is 5.18. The predicted octanol–water partition coefficient (Wildman–Crippen LogP) is 3.93. The third-order valence-corrected chi connectivity index (χ3v) is 3.45.